The van der Waals surface area contributed by atoms with Gasteiger partial charge < -0.3 is 15.0 Å². The maximum Gasteiger partial charge on any atom is 0.216 e. The summed E-state index contributed by atoms with van der Waals surface area (Å²) in [5.74, 6) is 0.939. The van der Waals surface area contributed by atoms with Gasteiger partial charge >= 0.3 is 0 Å². The molecule has 1 N–H and O–H groups in total. The van der Waals surface area contributed by atoms with E-state index in [1.165, 1.54) is 25.7 Å². The molecule has 1 saturated carbocycles. The third-order valence-electron chi connectivity index (χ3n) is 5.42. The van der Waals surface area contributed by atoms with Crippen molar-refractivity contribution in [3.63, 3.8) is 0 Å². The summed E-state index contributed by atoms with van der Waals surface area (Å²) in [5.41, 5.74) is 0.359. The highest BCUT2D eigenvalue weighted by Crippen LogP contribution is 2.36. The lowest BCUT2D eigenvalue weighted by atomic mass is 9.89. The molecule has 152 valence electrons. The van der Waals surface area contributed by atoms with Crippen LogP contribution in [0.2, 0.25) is 0 Å². The minimum absolute atomic E-state index is 0.0521. The second-order valence-electron chi connectivity index (χ2n) is 8.04. The Morgan fingerprint density at radius 2 is 1.81 bits per heavy atom. The number of nitrogens with zero attached hydrogens (tertiary/aromatic N) is 3. The molecule has 2 rings (SSSR count). The minimum atomic E-state index is -3.25. The van der Waals surface area contributed by atoms with Crippen LogP contribution in [0.15, 0.2) is 4.99 Å². The summed E-state index contributed by atoms with van der Waals surface area (Å²) in [6.45, 7) is 9.69. The normalized spacial score (nSPS) is 22.2. The maximum atomic E-state index is 12.4. The van der Waals surface area contributed by atoms with E-state index in [9.17, 15) is 8.42 Å². The Kier molecular flexibility index (Phi) is 7.73. The van der Waals surface area contributed by atoms with Gasteiger partial charge in [-0.15, -0.1) is 0 Å². The van der Waals surface area contributed by atoms with Gasteiger partial charge in [0.25, 0.3) is 0 Å². The average Bonchev–Trinajstić information content (AvgIpc) is 3.02. The Labute approximate surface area is 159 Å². The van der Waals surface area contributed by atoms with Crippen molar-refractivity contribution in [3.05, 3.63) is 0 Å². The van der Waals surface area contributed by atoms with Gasteiger partial charge in [0, 0.05) is 39.8 Å². The summed E-state index contributed by atoms with van der Waals surface area (Å²) < 4.78 is 31.8. The molecular formula is C18H36N4O3S. The van der Waals surface area contributed by atoms with Crippen molar-refractivity contribution in [1.82, 2.24) is 14.5 Å². The summed E-state index contributed by atoms with van der Waals surface area (Å²) in [7, 11) is -1.45. The average molecular weight is 389 g/mol. The van der Waals surface area contributed by atoms with Gasteiger partial charge in [-0.1, -0.05) is 19.8 Å². The molecule has 0 aromatic heterocycles. The van der Waals surface area contributed by atoms with Crippen LogP contribution in [-0.4, -0.2) is 81.8 Å². The first-order valence-electron chi connectivity index (χ1n) is 9.81. The fourth-order valence-electron chi connectivity index (χ4n) is 3.73. The van der Waals surface area contributed by atoms with E-state index in [-0.39, 0.29) is 18.5 Å². The highest BCUT2D eigenvalue weighted by Gasteiger charge is 2.31. The quantitative estimate of drug-likeness (QED) is 0.529. The summed E-state index contributed by atoms with van der Waals surface area (Å²) in [4.78, 5) is 6.57. The molecule has 0 amide bonds. The van der Waals surface area contributed by atoms with Gasteiger partial charge in [-0.3, -0.25) is 4.99 Å². The van der Waals surface area contributed by atoms with Crippen LogP contribution in [0.4, 0.5) is 0 Å². The molecule has 8 heteroatoms. The zero-order valence-corrected chi connectivity index (χ0v) is 17.6. The van der Waals surface area contributed by atoms with Crippen LogP contribution in [0.3, 0.4) is 0 Å². The Hall–Kier alpha value is -0.860. The third-order valence-corrected chi connectivity index (χ3v) is 7.25. The molecule has 1 aliphatic heterocycles. The Bertz CT molecular complexity index is 563. The van der Waals surface area contributed by atoms with Gasteiger partial charge in [-0.05, 0) is 32.1 Å². The fourth-order valence-corrected chi connectivity index (χ4v) is 5.01. The van der Waals surface area contributed by atoms with E-state index in [0.29, 0.717) is 31.6 Å². The molecule has 1 aliphatic carbocycles. The molecule has 0 spiro atoms. The molecule has 0 aromatic carbocycles. The van der Waals surface area contributed by atoms with Crippen LogP contribution in [0.1, 0.15) is 46.5 Å². The van der Waals surface area contributed by atoms with E-state index < -0.39 is 10.0 Å². The predicted molar refractivity (Wildman–Crippen MR) is 106 cm³/mol. The number of piperazine rings is 1. The van der Waals surface area contributed by atoms with Crippen molar-refractivity contribution in [2.24, 2.45) is 10.4 Å². The summed E-state index contributed by atoms with van der Waals surface area (Å²) in [5, 5.41) is 3.51. The van der Waals surface area contributed by atoms with Crippen molar-refractivity contribution in [2.45, 2.75) is 52.6 Å². The number of aliphatic imine (C=N–C) groups is 1. The van der Waals surface area contributed by atoms with E-state index in [4.69, 9.17) is 4.74 Å². The van der Waals surface area contributed by atoms with E-state index in [1.807, 2.05) is 13.8 Å². The van der Waals surface area contributed by atoms with Crippen molar-refractivity contribution in [3.8, 4) is 0 Å². The SMILES string of the molecule is CN=C(NCC1(C)CCCC1)N1CCN(S(=O)(=O)CCOC(C)C)CC1. The van der Waals surface area contributed by atoms with Crippen LogP contribution in [-0.2, 0) is 14.8 Å². The second-order valence-corrected chi connectivity index (χ2v) is 10.1. The molecule has 0 unspecified atom stereocenters. The molecule has 0 atom stereocenters. The standard InChI is InChI=1S/C18H36N4O3S/c1-16(2)25-13-14-26(23,24)22-11-9-21(10-12-22)17(19-4)20-15-18(3)7-5-6-8-18/h16H,5-15H2,1-4H3,(H,19,20). The Morgan fingerprint density at radius 1 is 1.19 bits per heavy atom. The number of rotatable bonds is 7. The maximum absolute atomic E-state index is 12.4. The Balaban J connectivity index is 1.80. The van der Waals surface area contributed by atoms with Crippen molar-refractivity contribution >= 4 is 16.0 Å². The number of sulfonamides is 1. The van der Waals surface area contributed by atoms with Crippen molar-refractivity contribution in [2.75, 3.05) is 52.1 Å². The zero-order chi connectivity index (χ0) is 19.2. The molecule has 1 saturated heterocycles. The smallest absolute Gasteiger partial charge is 0.216 e. The van der Waals surface area contributed by atoms with Crippen LogP contribution < -0.4 is 5.32 Å². The number of nitrogens with one attached hydrogen (secondary N) is 1. The summed E-state index contributed by atoms with van der Waals surface area (Å²) >= 11 is 0. The zero-order valence-electron chi connectivity index (χ0n) is 16.8. The molecular weight excluding hydrogens is 352 g/mol. The Morgan fingerprint density at radius 3 is 2.35 bits per heavy atom. The topological polar surface area (TPSA) is 74.2 Å². The van der Waals surface area contributed by atoms with E-state index in [0.717, 1.165) is 12.5 Å². The van der Waals surface area contributed by atoms with Crippen LogP contribution in [0.25, 0.3) is 0 Å². The van der Waals surface area contributed by atoms with Crippen LogP contribution in [0.5, 0.6) is 0 Å². The van der Waals surface area contributed by atoms with Crippen molar-refractivity contribution in [1.29, 1.82) is 0 Å². The molecule has 0 bridgehead atoms. The van der Waals surface area contributed by atoms with Gasteiger partial charge in [0.2, 0.25) is 10.0 Å². The largest absolute Gasteiger partial charge is 0.378 e. The van der Waals surface area contributed by atoms with Crippen molar-refractivity contribution < 1.29 is 13.2 Å². The van der Waals surface area contributed by atoms with Gasteiger partial charge in [-0.2, -0.15) is 4.31 Å². The molecule has 1 heterocycles. The first-order valence-corrected chi connectivity index (χ1v) is 11.4. The van der Waals surface area contributed by atoms with E-state index in [2.05, 4.69) is 22.1 Å². The van der Waals surface area contributed by atoms with E-state index >= 15 is 0 Å². The van der Waals surface area contributed by atoms with Crippen LogP contribution in [0, 0.1) is 5.41 Å². The third kappa shape index (κ3) is 6.09. The fraction of sp³-hybridized carbons (Fsp3) is 0.944. The van der Waals surface area contributed by atoms with Gasteiger partial charge in [-0.25, -0.2) is 8.42 Å². The lowest BCUT2D eigenvalue weighted by molar-refractivity contribution is 0.0904. The number of hydrogen-bond donors (Lipinski definition) is 1. The minimum Gasteiger partial charge on any atom is -0.378 e. The molecule has 0 aromatic rings. The summed E-state index contributed by atoms with van der Waals surface area (Å²) in [6.07, 6.45) is 5.21. The predicted octanol–water partition coefficient (Wildman–Crippen LogP) is 1.51. The number of guanidine groups is 1. The van der Waals surface area contributed by atoms with E-state index in [1.54, 1.807) is 11.4 Å². The number of hydrogen-bond acceptors (Lipinski definition) is 4. The molecule has 2 fully saturated rings. The van der Waals surface area contributed by atoms with Gasteiger partial charge in [0.05, 0.1) is 18.5 Å². The number of ether oxygens (including phenoxy) is 1. The first kappa shape index (κ1) is 21.4. The highest BCUT2D eigenvalue weighted by molar-refractivity contribution is 7.89. The molecule has 7 nitrogen and oxygen atoms in total. The monoisotopic (exact) mass is 388 g/mol. The molecule has 26 heavy (non-hydrogen) atoms. The second kappa shape index (κ2) is 9.37. The lowest BCUT2D eigenvalue weighted by Gasteiger charge is -2.37. The van der Waals surface area contributed by atoms with Gasteiger partial charge in [0.1, 0.15) is 0 Å². The highest BCUT2D eigenvalue weighted by atomic mass is 32.2. The van der Waals surface area contributed by atoms with Crippen LogP contribution >= 0.6 is 0 Å². The summed E-state index contributed by atoms with van der Waals surface area (Å²) in [6, 6.07) is 0. The molecule has 2 aliphatic rings. The lowest BCUT2D eigenvalue weighted by Crippen LogP contribution is -2.55. The first-order chi connectivity index (χ1) is 12.3. The molecule has 0 radical (unpaired) electrons. The van der Waals surface area contributed by atoms with Gasteiger partial charge in [0.15, 0.2) is 5.96 Å².